The van der Waals surface area contributed by atoms with Crippen LogP contribution in [0.3, 0.4) is 0 Å². The summed E-state index contributed by atoms with van der Waals surface area (Å²) in [5, 5.41) is -0.161. The fourth-order valence-electron chi connectivity index (χ4n) is 2.16. The molecule has 20 heavy (non-hydrogen) atoms. The average Bonchev–Trinajstić information content (AvgIpc) is 3.02. The molecule has 1 atom stereocenters. The molecule has 104 valence electrons. The molecule has 0 aliphatic rings. The van der Waals surface area contributed by atoms with Crippen LogP contribution in [0.5, 0.6) is 0 Å². The maximum Gasteiger partial charge on any atom is 0.160 e. The van der Waals surface area contributed by atoms with E-state index in [0.717, 1.165) is 34.6 Å². The Balaban J connectivity index is 2.00. The van der Waals surface area contributed by atoms with Gasteiger partial charge in [0.1, 0.15) is 11.3 Å². The van der Waals surface area contributed by atoms with Crippen molar-refractivity contribution < 1.29 is 0 Å². The number of hydrogen-bond donors (Lipinski definition) is 0. The topological polar surface area (TPSA) is 48.5 Å². The lowest BCUT2D eigenvalue weighted by Gasteiger charge is -2.10. The highest BCUT2D eigenvalue weighted by Crippen LogP contribution is 2.25. The van der Waals surface area contributed by atoms with Gasteiger partial charge in [-0.2, -0.15) is 0 Å². The molecule has 0 bridgehead atoms. The molecule has 3 heterocycles. The fraction of sp³-hybridized carbons (Fsp3) is 0.308. The SMILES string of the molecule is CC(Cl)c1nc2cc(Br)cnc2n1CCn1ccnc1. The summed E-state index contributed by atoms with van der Waals surface area (Å²) in [7, 11) is 0. The summed E-state index contributed by atoms with van der Waals surface area (Å²) in [6.07, 6.45) is 7.28. The molecule has 0 aliphatic heterocycles. The molecule has 0 saturated carbocycles. The van der Waals surface area contributed by atoms with Gasteiger partial charge in [-0.05, 0) is 28.9 Å². The summed E-state index contributed by atoms with van der Waals surface area (Å²) in [4.78, 5) is 13.1. The number of alkyl halides is 1. The van der Waals surface area contributed by atoms with Gasteiger partial charge < -0.3 is 9.13 Å². The van der Waals surface area contributed by atoms with E-state index >= 15 is 0 Å². The monoisotopic (exact) mass is 353 g/mol. The smallest absolute Gasteiger partial charge is 0.160 e. The van der Waals surface area contributed by atoms with Gasteiger partial charge in [-0.15, -0.1) is 11.6 Å². The van der Waals surface area contributed by atoms with E-state index in [9.17, 15) is 0 Å². The van der Waals surface area contributed by atoms with Crippen LogP contribution in [-0.2, 0) is 13.1 Å². The van der Waals surface area contributed by atoms with Crippen molar-refractivity contribution in [2.75, 3.05) is 0 Å². The van der Waals surface area contributed by atoms with E-state index in [4.69, 9.17) is 11.6 Å². The van der Waals surface area contributed by atoms with Gasteiger partial charge in [0.05, 0.1) is 11.7 Å². The Hall–Kier alpha value is -1.40. The van der Waals surface area contributed by atoms with E-state index in [1.807, 2.05) is 23.8 Å². The second-order valence-corrected chi connectivity index (χ2v) is 6.10. The summed E-state index contributed by atoms with van der Waals surface area (Å²) in [6, 6.07) is 1.96. The number of hydrogen-bond acceptors (Lipinski definition) is 3. The zero-order chi connectivity index (χ0) is 14.1. The first kappa shape index (κ1) is 13.6. The number of aryl methyl sites for hydroxylation is 2. The van der Waals surface area contributed by atoms with Crippen molar-refractivity contribution in [1.82, 2.24) is 24.1 Å². The number of nitrogens with zero attached hydrogens (tertiary/aromatic N) is 5. The summed E-state index contributed by atoms with van der Waals surface area (Å²) in [6.45, 7) is 3.49. The number of imidazole rings is 2. The van der Waals surface area contributed by atoms with Crippen molar-refractivity contribution in [3.05, 3.63) is 41.3 Å². The zero-order valence-electron chi connectivity index (χ0n) is 10.9. The van der Waals surface area contributed by atoms with Crippen LogP contribution in [0.1, 0.15) is 18.1 Å². The number of aromatic nitrogens is 5. The Labute approximate surface area is 129 Å². The highest BCUT2D eigenvalue weighted by atomic mass is 79.9. The largest absolute Gasteiger partial charge is 0.336 e. The minimum absolute atomic E-state index is 0.161. The van der Waals surface area contributed by atoms with Crippen molar-refractivity contribution in [2.24, 2.45) is 0 Å². The molecular weight excluding hydrogens is 342 g/mol. The van der Waals surface area contributed by atoms with Gasteiger partial charge in [0.2, 0.25) is 0 Å². The van der Waals surface area contributed by atoms with Crippen LogP contribution in [0.25, 0.3) is 11.2 Å². The minimum atomic E-state index is -0.161. The van der Waals surface area contributed by atoms with E-state index < -0.39 is 0 Å². The summed E-state index contributed by atoms with van der Waals surface area (Å²) < 4.78 is 5.00. The molecule has 0 amide bonds. The van der Waals surface area contributed by atoms with Crippen molar-refractivity contribution in [2.45, 2.75) is 25.4 Å². The van der Waals surface area contributed by atoms with Crippen LogP contribution in [0.15, 0.2) is 35.5 Å². The first-order valence-corrected chi connectivity index (χ1v) is 7.49. The van der Waals surface area contributed by atoms with Crippen LogP contribution in [0.4, 0.5) is 0 Å². The van der Waals surface area contributed by atoms with Crippen LogP contribution < -0.4 is 0 Å². The third-order valence-corrected chi connectivity index (χ3v) is 3.71. The van der Waals surface area contributed by atoms with Crippen molar-refractivity contribution in [1.29, 1.82) is 0 Å². The Kier molecular flexibility index (Phi) is 3.76. The molecule has 0 saturated heterocycles. The highest BCUT2D eigenvalue weighted by Gasteiger charge is 2.16. The normalized spacial score (nSPS) is 12.9. The van der Waals surface area contributed by atoms with Crippen molar-refractivity contribution >= 4 is 38.7 Å². The lowest BCUT2D eigenvalue weighted by molar-refractivity contribution is 0.567. The van der Waals surface area contributed by atoms with E-state index in [-0.39, 0.29) is 5.38 Å². The molecule has 0 fully saturated rings. The van der Waals surface area contributed by atoms with Gasteiger partial charge in [-0.3, -0.25) is 0 Å². The fourth-order valence-corrected chi connectivity index (χ4v) is 2.65. The molecule has 3 aromatic rings. The van der Waals surface area contributed by atoms with E-state index in [0.29, 0.717) is 0 Å². The lowest BCUT2D eigenvalue weighted by atomic mass is 10.4. The standard InChI is InChI=1S/C13H13BrClN5/c1-9(15)12-18-11-6-10(14)7-17-13(11)20(12)5-4-19-3-2-16-8-19/h2-3,6-9H,4-5H2,1H3. The summed E-state index contributed by atoms with van der Waals surface area (Å²) in [5.74, 6) is 0.840. The molecule has 0 radical (unpaired) electrons. The molecule has 0 aromatic carbocycles. The summed E-state index contributed by atoms with van der Waals surface area (Å²) >= 11 is 9.65. The number of pyridine rings is 1. The molecular formula is C13H13BrClN5. The highest BCUT2D eigenvalue weighted by molar-refractivity contribution is 9.10. The zero-order valence-corrected chi connectivity index (χ0v) is 13.2. The Morgan fingerprint density at radius 3 is 2.95 bits per heavy atom. The van der Waals surface area contributed by atoms with Crippen LogP contribution >= 0.6 is 27.5 Å². The Morgan fingerprint density at radius 2 is 2.25 bits per heavy atom. The second kappa shape index (κ2) is 5.54. The van der Waals surface area contributed by atoms with Gasteiger partial charge in [-0.25, -0.2) is 15.0 Å². The Bertz CT molecular complexity index is 720. The van der Waals surface area contributed by atoms with Crippen LogP contribution in [0, 0.1) is 0 Å². The van der Waals surface area contributed by atoms with Crippen LogP contribution in [0.2, 0.25) is 0 Å². The maximum atomic E-state index is 6.24. The molecule has 0 spiro atoms. The average molecular weight is 355 g/mol. The van der Waals surface area contributed by atoms with Gasteiger partial charge in [0, 0.05) is 36.2 Å². The predicted molar refractivity (Wildman–Crippen MR) is 81.7 cm³/mol. The van der Waals surface area contributed by atoms with Gasteiger partial charge in [-0.1, -0.05) is 0 Å². The first-order chi connectivity index (χ1) is 9.65. The third-order valence-electron chi connectivity index (χ3n) is 3.08. The quantitative estimate of drug-likeness (QED) is 0.675. The molecule has 0 aliphatic carbocycles. The molecule has 0 N–H and O–H groups in total. The number of fused-ring (bicyclic) bond motifs is 1. The molecule has 5 nitrogen and oxygen atoms in total. The minimum Gasteiger partial charge on any atom is -0.336 e. The summed E-state index contributed by atoms with van der Waals surface area (Å²) in [5.41, 5.74) is 1.71. The van der Waals surface area contributed by atoms with Crippen LogP contribution in [-0.4, -0.2) is 24.1 Å². The first-order valence-electron chi connectivity index (χ1n) is 6.26. The number of rotatable bonds is 4. The van der Waals surface area contributed by atoms with E-state index in [1.54, 1.807) is 18.7 Å². The third kappa shape index (κ3) is 2.58. The maximum absolute atomic E-state index is 6.24. The second-order valence-electron chi connectivity index (χ2n) is 4.53. The van der Waals surface area contributed by atoms with Crippen molar-refractivity contribution in [3.8, 4) is 0 Å². The predicted octanol–water partition coefficient (Wildman–Crippen LogP) is 3.39. The van der Waals surface area contributed by atoms with E-state index in [2.05, 4.69) is 35.4 Å². The molecule has 3 rings (SSSR count). The van der Waals surface area contributed by atoms with Gasteiger partial charge >= 0.3 is 0 Å². The molecule has 1 unspecified atom stereocenters. The lowest BCUT2D eigenvalue weighted by Crippen LogP contribution is -2.10. The number of halogens is 2. The molecule has 7 heteroatoms. The van der Waals surface area contributed by atoms with Gasteiger partial charge in [0.15, 0.2) is 5.65 Å². The Morgan fingerprint density at radius 1 is 1.40 bits per heavy atom. The van der Waals surface area contributed by atoms with E-state index in [1.165, 1.54) is 0 Å². The molecule has 3 aromatic heterocycles. The van der Waals surface area contributed by atoms with Crippen molar-refractivity contribution in [3.63, 3.8) is 0 Å². The van der Waals surface area contributed by atoms with Gasteiger partial charge in [0.25, 0.3) is 0 Å².